The molecule has 2 aromatic carbocycles. The van der Waals surface area contributed by atoms with Crippen LogP contribution < -0.4 is 10.5 Å². The summed E-state index contributed by atoms with van der Waals surface area (Å²) in [6.07, 6.45) is 0. The number of nitro benzene ring substituents is 1. The van der Waals surface area contributed by atoms with Gasteiger partial charge in [0, 0.05) is 21.9 Å². The molecule has 102 valence electrons. The first-order valence-corrected chi connectivity index (χ1v) is 6.41. The summed E-state index contributed by atoms with van der Waals surface area (Å²) in [5.74, 6) is 0. The molecule has 0 radical (unpaired) electrons. The standard InChI is InChI=1S/C12H9N3O4S/c16-14(17)7-1-3-9-11(5-7)20-12-6-8(15(18)19)2-4-10(12)13-9/h1-6,13,16-17H. The summed E-state index contributed by atoms with van der Waals surface area (Å²) >= 11 is 1.33. The zero-order valence-electron chi connectivity index (χ0n) is 9.98. The van der Waals surface area contributed by atoms with Crippen molar-refractivity contribution >= 4 is 34.5 Å². The highest BCUT2D eigenvalue weighted by molar-refractivity contribution is 7.99. The van der Waals surface area contributed by atoms with Crippen molar-refractivity contribution in [2.45, 2.75) is 9.79 Å². The Labute approximate surface area is 117 Å². The van der Waals surface area contributed by atoms with Gasteiger partial charge in [-0.15, -0.1) is 5.23 Å². The second-order valence-corrected chi connectivity index (χ2v) is 5.22. The molecule has 0 atom stereocenters. The molecule has 7 nitrogen and oxygen atoms in total. The summed E-state index contributed by atoms with van der Waals surface area (Å²) in [7, 11) is 0. The molecule has 0 aliphatic carbocycles. The highest BCUT2D eigenvalue weighted by atomic mass is 32.2. The van der Waals surface area contributed by atoms with E-state index in [1.54, 1.807) is 24.3 Å². The van der Waals surface area contributed by atoms with Crippen molar-refractivity contribution in [3.63, 3.8) is 0 Å². The van der Waals surface area contributed by atoms with Gasteiger partial charge in [-0.05, 0) is 24.3 Å². The van der Waals surface area contributed by atoms with Gasteiger partial charge in [-0.2, -0.15) is 0 Å². The first-order chi connectivity index (χ1) is 9.54. The fourth-order valence-electron chi connectivity index (χ4n) is 1.90. The predicted octanol–water partition coefficient (Wildman–Crippen LogP) is 3.39. The zero-order chi connectivity index (χ0) is 14.3. The monoisotopic (exact) mass is 291 g/mol. The van der Waals surface area contributed by atoms with Crippen molar-refractivity contribution in [3.05, 3.63) is 46.5 Å². The van der Waals surface area contributed by atoms with E-state index in [0.717, 1.165) is 16.3 Å². The van der Waals surface area contributed by atoms with Gasteiger partial charge in [0.1, 0.15) is 0 Å². The van der Waals surface area contributed by atoms with Gasteiger partial charge >= 0.3 is 0 Å². The van der Waals surface area contributed by atoms with Crippen molar-refractivity contribution in [2.24, 2.45) is 0 Å². The molecular formula is C12H9N3O4S. The van der Waals surface area contributed by atoms with E-state index in [1.807, 2.05) is 0 Å². The van der Waals surface area contributed by atoms with Crippen LogP contribution in [-0.4, -0.2) is 15.3 Å². The Morgan fingerprint density at radius 1 is 1.10 bits per heavy atom. The van der Waals surface area contributed by atoms with Gasteiger partial charge in [0.2, 0.25) is 0 Å². The molecule has 0 unspecified atom stereocenters. The van der Waals surface area contributed by atoms with E-state index in [0.29, 0.717) is 4.90 Å². The van der Waals surface area contributed by atoms with E-state index < -0.39 is 4.92 Å². The number of fused-ring (bicyclic) bond motifs is 2. The first kappa shape index (κ1) is 12.7. The normalized spacial score (nSPS) is 12.1. The molecule has 0 fully saturated rings. The third-order valence-corrected chi connectivity index (χ3v) is 3.98. The number of nitro groups is 1. The maximum Gasteiger partial charge on any atom is 0.270 e. The minimum absolute atomic E-state index is 0.0172. The van der Waals surface area contributed by atoms with E-state index in [9.17, 15) is 10.1 Å². The molecule has 1 heterocycles. The molecule has 0 saturated carbocycles. The number of hydrogen-bond donors (Lipinski definition) is 3. The largest absolute Gasteiger partial charge is 0.354 e. The fourth-order valence-corrected chi connectivity index (χ4v) is 2.95. The minimum Gasteiger partial charge on any atom is -0.354 e. The van der Waals surface area contributed by atoms with E-state index in [-0.39, 0.29) is 16.6 Å². The van der Waals surface area contributed by atoms with Gasteiger partial charge < -0.3 is 5.32 Å². The summed E-state index contributed by atoms with van der Waals surface area (Å²) < 4.78 is 0. The number of rotatable bonds is 2. The molecule has 0 spiro atoms. The van der Waals surface area contributed by atoms with Gasteiger partial charge in [-0.25, -0.2) is 0 Å². The number of hydrogen-bond acceptors (Lipinski definition) is 7. The maximum atomic E-state index is 10.8. The number of anilines is 3. The smallest absolute Gasteiger partial charge is 0.270 e. The lowest BCUT2D eigenvalue weighted by molar-refractivity contribution is -0.385. The van der Waals surface area contributed by atoms with Crippen LogP contribution in [0.25, 0.3) is 0 Å². The van der Waals surface area contributed by atoms with Crippen LogP contribution in [-0.2, 0) is 0 Å². The van der Waals surface area contributed by atoms with Crippen LogP contribution in [0.15, 0.2) is 46.2 Å². The SMILES string of the molecule is O=[N+]([O-])c1ccc2c(c1)Sc1cc(N(O)O)ccc1N2. The summed E-state index contributed by atoms with van der Waals surface area (Å²) in [6, 6.07) is 9.41. The molecule has 3 rings (SSSR count). The lowest BCUT2D eigenvalue weighted by Crippen LogP contribution is -2.11. The van der Waals surface area contributed by atoms with Gasteiger partial charge in [0.15, 0.2) is 0 Å². The Morgan fingerprint density at radius 2 is 1.75 bits per heavy atom. The van der Waals surface area contributed by atoms with Crippen molar-refractivity contribution in [1.82, 2.24) is 0 Å². The molecule has 3 N–H and O–H groups in total. The molecule has 20 heavy (non-hydrogen) atoms. The van der Waals surface area contributed by atoms with Crippen LogP contribution in [0.3, 0.4) is 0 Å². The number of benzene rings is 2. The minimum atomic E-state index is -0.448. The Balaban J connectivity index is 2.01. The van der Waals surface area contributed by atoms with Crippen LogP contribution >= 0.6 is 11.8 Å². The summed E-state index contributed by atoms with van der Waals surface area (Å²) in [5, 5.41) is 32.0. The molecule has 8 heteroatoms. The number of nitrogens with one attached hydrogen (secondary N) is 1. The van der Waals surface area contributed by atoms with Crippen LogP contribution in [0, 0.1) is 10.1 Å². The van der Waals surface area contributed by atoms with Gasteiger partial charge in [0.05, 0.1) is 22.0 Å². The predicted molar refractivity (Wildman–Crippen MR) is 73.0 cm³/mol. The average molecular weight is 291 g/mol. The lowest BCUT2D eigenvalue weighted by Gasteiger charge is -2.21. The van der Waals surface area contributed by atoms with E-state index in [4.69, 9.17) is 10.4 Å². The Kier molecular flexibility index (Phi) is 2.97. The van der Waals surface area contributed by atoms with Crippen LogP contribution in [0.2, 0.25) is 0 Å². The van der Waals surface area contributed by atoms with Crippen molar-refractivity contribution in [1.29, 1.82) is 0 Å². The third-order valence-electron chi connectivity index (χ3n) is 2.86. The van der Waals surface area contributed by atoms with Crippen molar-refractivity contribution in [3.8, 4) is 0 Å². The Hall–Kier alpha value is -2.29. The van der Waals surface area contributed by atoms with E-state index in [1.165, 1.54) is 23.9 Å². The second kappa shape index (κ2) is 4.67. The molecule has 0 amide bonds. The average Bonchev–Trinajstić information content (AvgIpc) is 2.43. The van der Waals surface area contributed by atoms with Gasteiger partial charge in [0.25, 0.3) is 5.69 Å². The molecule has 1 aliphatic rings. The molecule has 0 bridgehead atoms. The van der Waals surface area contributed by atoms with E-state index >= 15 is 0 Å². The second-order valence-electron chi connectivity index (χ2n) is 4.13. The fraction of sp³-hybridized carbons (Fsp3) is 0. The molecule has 1 aliphatic heterocycles. The Bertz CT molecular complexity index is 705. The molecule has 2 aromatic rings. The van der Waals surface area contributed by atoms with E-state index in [2.05, 4.69) is 5.32 Å². The summed E-state index contributed by atoms with van der Waals surface area (Å²) in [6.45, 7) is 0. The first-order valence-electron chi connectivity index (χ1n) is 5.60. The number of non-ortho nitro benzene ring substituents is 1. The van der Waals surface area contributed by atoms with Crippen LogP contribution in [0.5, 0.6) is 0 Å². The number of nitrogens with zero attached hydrogens (tertiary/aromatic N) is 2. The van der Waals surface area contributed by atoms with Crippen LogP contribution in [0.1, 0.15) is 0 Å². The van der Waals surface area contributed by atoms with Crippen molar-refractivity contribution in [2.75, 3.05) is 10.5 Å². The quantitative estimate of drug-likeness (QED) is 0.491. The van der Waals surface area contributed by atoms with Crippen molar-refractivity contribution < 1.29 is 15.3 Å². The molecule has 0 aromatic heterocycles. The summed E-state index contributed by atoms with van der Waals surface area (Å²) in [4.78, 5) is 11.8. The zero-order valence-corrected chi connectivity index (χ0v) is 10.8. The van der Waals surface area contributed by atoms with Gasteiger partial charge in [-0.3, -0.25) is 20.5 Å². The lowest BCUT2D eigenvalue weighted by atomic mass is 10.2. The molecular weight excluding hydrogens is 282 g/mol. The molecule has 0 saturated heterocycles. The maximum absolute atomic E-state index is 10.8. The third kappa shape index (κ3) is 2.16. The topological polar surface area (TPSA) is 98.9 Å². The summed E-state index contributed by atoms with van der Waals surface area (Å²) in [5.41, 5.74) is 1.82. The highest BCUT2D eigenvalue weighted by Gasteiger charge is 2.19. The highest BCUT2D eigenvalue weighted by Crippen LogP contribution is 2.46. The van der Waals surface area contributed by atoms with Crippen LogP contribution in [0.4, 0.5) is 22.7 Å². The Morgan fingerprint density at radius 3 is 2.40 bits per heavy atom. The van der Waals surface area contributed by atoms with Gasteiger partial charge in [-0.1, -0.05) is 11.8 Å².